The number of methoxy groups -OCH3 is 1. The molecule has 31 heavy (non-hydrogen) atoms. The summed E-state index contributed by atoms with van der Waals surface area (Å²) in [5.41, 5.74) is 0. The highest BCUT2D eigenvalue weighted by molar-refractivity contribution is 4.51. The molecule has 2 atom stereocenters. The summed E-state index contributed by atoms with van der Waals surface area (Å²) in [6, 6.07) is 0. The van der Waals surface area contributed by atoms with Gasteiger partial charge in [-0.2, -0.15) is 0 Å². The summed E-state index contributed by atoms with van der Waals surface area (Å²) >= 11 is 0. The third-order valence-electron chi connectivity index (χ3n) is 6.13. The zero-order chi connectivity index (χ0) is 22.8. The molecule has 2 unspecified atom stereocenters. The van der Waals surface area contributed by atoms with Gasteiger partial charge >= 0.3 is 0 Å². The second kappa shape index (κ2) is 26.1. The number of ether oxygens (including phenoxy) is 1. The quantitative estimate of drug-likeness (QED) is 0.0626. The first-order valence-electron chi connectivity index (χ1n) is 13.8. The van der Waals surface area contributed by atoms with Crippen LogP contribution in [0.15, 0.2) is 0 Å². The lowest BCUT2D eigenvalue weighted by atomic mass is 10.1. The number of hydrogen-bond donors (Lipinski definition) is 1. The highest BCUT2D eigenvalue weighted by Crippen LogP contribution is 2.15. The van der Waals surface area contributed by atoms with E-state index in [0.717, 1.165) is 25.7 Å². The van der Waals surface area contributed by atoms with E-state index >= 15 is 0 Å². The largest absolute Gasteiger partial charge is 0.366 e. The maximum atomic E-state index is 9.96. The van der Waals surface area contributed by atoms with E-state index in [9.17, 15) is 5.11 Å². The predicted molar refractivity (Wildman–Crippen MR) is 132 cm³/mol. The van der Waals surface area contributed by atoms with E-state index in [-0.39, 0.29) is 6.29 Å². The Labute approximate surface area is 194 Å². The lowest BCUT2D eigenvalue weighted by Crippen LogP contribution is -2.21. The SMILES string of the molecule is CCCCCCCCCCCCC(O)OOC(CCCCCCCCCCCC)OC. The van der Waals surface area contributed by atoms with Crippen molar-refractivity contribution in [1.29, 1.82) is 0 Å². The van der Waals surface area contributed by atoms with Gasteiger partial charge in [-0.25, -0.2) is 9.78 Å². The Morgan fingerprint density at radius 1 is 0.484 bits per heavy atom. The number of aliphatic hydroxyl groups excluding tert-OH is 1. The molecule has 0 aliphatic heterocycles. The van der Waals surface area contributed by atoms with Gasteiger partial charge < -0.3 is 9.84 Å². The Kier molecular flexibility index (Phi) is 26.0. The molecule has 0 bridgehead atoms. The average molecular weight is 445 g/mol. The van der Waals surface area contributed by atoms with Gasteiger partial charge in [0.05, 0.1) is 0 Å². The summed E-state index contributed by atoms with van der Waals surface area (Å²) in [5, 5.41) is 9.96. The molecule has 188 valence electrons. The second-order valence-electron chi connectivity index (χ2n) is 9.25. The van der Waals surface area contributed by atoms with E-state index < -0.39 is 6.29 Å². The zero-order valence-corrected chi connectivity index (χ0v) is 21.4. The molecule has 0 aromatic carbocycles. The fraction of sp³-hybridized carbons (Fsp3) is 1.00. The fourth-order valence-electron chi connectivity index (χ4n) is 3.98. The van der Waals surface area contributed by atoms with E-state index in [2.05, 4.69) is 13.8 Å². The maximum Gasteiger partial charge on any atom is 0.190 e. The zero-order valence-electron chi connectivity index (χ0n) is 21.4. The summed E-state index contributed by atoms with van der Waals surface area (Å²) in [6.07, 6.45) is 26.3. The first-order valence-corrected chi connectivity index (χ1v) is 13.8. The third-order valence-corrected chi connectivity index (χ3v) is 6.13. The van der Waals surface area contributed by atoms with E-state index in [1.165, 1.54) is 109 Å². The molecule has 0 aromatic rings. The van der Waals surface area contributed by atoms with Crippen LogP contribution in [0.1, 0.15) is 155 Å². The molecule has 0 aliphatic rings. The Morgan fingerprint density at radius 3 is 1.23 bits per heavy atom. The highest BCUT2D eigenvalue weighted by Gasteiger charge is 2.12. The minimum atomic E-state index is -0.848. The van der Waals surface area contributed by atoms with Gasteiger partial charge in [0.25, 0.3) is 0 Å². The van der Waals surface area contributed by atoms with E-state index in [1.807, 2.05) is 0 Å². The van der Waals surface area contributed by atoms with Crippen LogP contribution in [0.4, 0.5) is 0 Å². The van der Waals surface area contributed by atoms with Crippen LogP contribution in [-0.2, 0) is 14.5 Å². The molecule has 0 spiro atoms. The van der Waals surface area contributed by atoms with Gasteiger partial charge in [-0.05, 0) is 12.8 Å². The Balaban J connectivity index is 3.43. The van der Waals surface area contributed by atoms with Gasteiger partial charge in [0.15, 0.2) is 12.6 Å². The Hall–Kier alpha value is -0.160. The van der Waals surface area contributed by atoms with Gasteiger partial charge in [0.1, 0.15) is 0 Å². The molecular weight excluding hydrogens is 388 g/mol. The molecule has 0 amide bonds. The fourth-order valence-corrected chi connectivity index (χ4v) is 3.98. The molecule has 0 saturated heterocycles. The average Bonchev–Trinajstić information content (AvgIpc) is 2.78. The molecule has 0 saturated carbocycles. The first kappa shape index (κ1) is 30.8. The van der Waals surface area contributed by atoms with E-state index in [1.54, 1.807) is 7.11 Å². The van der Waals surface area contributed by atoms with Crippen molar-refractivity contribution in [2.45, 2.75) is 168 Å². The predicted octanol–water partition coefficient (Wildman–Crippen LogP) is 8.85. The van der Waals surface area contributed by atoms with E-state index in [0.29, 0.717) is 6.42 Å². The summed E-state index contributed by atoms with van der Waals surface area (Å²) in [5.74, 6) is 0. The van der Waals surface area contributed by atoms with Crippen molar-refractivity contribution in [3.8, 4) is 0 Å². The molecular formula is C27H56O4. The van der Waals surface area contributed by atoms with Crippen molar-refractivity contribution < 1.29 is 19.6 Å². The molecule has 4 nitrogen and oxygen atoms in total. The van der Waals surface area contributed by atoms with E-state index in [4.69, 9.17) is 14.5 Å². The summed E-state index contributed by atoms with van der Waals surface area (Å²) in [7, 11) is 1.64. The topological polar surface area (TPSA) is 47.9 Å². The smallest absolute Gasteiger partial charge is 0.190 e. The molecule has 0 radical (unpaired) electrons. The van der Waals surface area contributed by atoms with Gasteiger partial charge in [-0.3, -0.25) is 0 Å². The van der Waals surface area contributed by atoms with Crippen LogP contribution in [0.5, 0.6) is 0 Å². The van der Waals surface area contributed by atoms with Crippen LogP contribution >= 0.6 is 0 Å². The van der Waals surface area contributed by atoms with Crippen molar-refractivity contribution in [3.63, 3.8) is 0 Å². The van der Waals surface area contributed by atoms with Crippen LogP contribution in [0.25, 0.3) is 0 Å². The molecule has 0 aliphatic carbocycles. The highest BCUT2D eigenvalue weighted by atomic mass is 17.2. The third kappa shape index (κ3) is 24.3. The molecule has 4 heteroatoms. The van der Waals surface area contributed by atoms with Crippen molar-refractivity contribution in [2.75, 3.05) is 7.11 Å². The summed E-state index contributed by atoms with van der Waals surface area (Å²) < 4.78 is 5.33. The van der Waals surface area contributed by atoms with Crippen molar-refractivity contribution >= 4 is 0 Å². The standard InChI is InChI=1S/C27H56O4/c1-4-6-8-10-12-14-16-18-20-22-24-26(28)30-31-27(29-3)25-23-21-19-17-15-13-11-9-7-5-2/h26-28H,4-25H2,1-3H3. The summed E-state index contributed by atoms with van der Waals surface area (Å²) in [6.45, 7) is 4.53. The van der Waals surface area contributed by atoms with Crippen LogP contribution in [0.2, 0.25) is 0 Å². The Morgan fingerprint density at radius 2 is 0.839 bits per heavy atom. The Bertz CT molecular complexity index is 324. The van der Waals surface area contributed by atoms with Crippen LogP contribution in [0, 0.1) is 0 Å². The minimum absolute atomic E-state index is 0.378. The number of hydrogen-bond acceptors (Lipinski definition) is 4. The van der Waals surface area contributed by atoms with Crippen molar-refractivity contribution in [3.05, 3.63) is 0 Å². The van der Waals surface area contributed by atoms with Gasteiger partial charge in [-0.1, -0.05) is 129 Å². The summed E-state index contributed by atoms with van der Waals surface area (Å²) in [4.78, 5) is 10.5. The van der Waals surface area contributed by atoms with Crippen LogP contribution in [0.3, 0.4) is 0 Å². The number of unbranched alkanes of at least 4 members (excludes halogenated alkanes) is 18. The normalized spacial score (nSPS) is 13.5. The lowest BCUT2D eigenvalue weighted by Gasteiger charge is -2.17. The van der Waals surface area contributed by atoms with Gasteiger partial charge in [0.2, 0.25) is 0 Å². The molecule has 0 rings (SSSR count). The minimum Gasteiger partial charge on any atom is -0.366 e. The molecule has 0 aromatic heterocycles. The number of aliphatic hydroxyl groups is 1. The van der Waals surface area contributed by atoms with Crippen LogP contribution in [-0.4, -0.2) is 24.8 Å². The lowest BCUT2D eigenvalue weighted by molar-refractivity contribution is -0.427. The molecule has 1 N–H and O–H groups in total. The van der Waals surface area contributed by atoms with Crippen molar-refractivity contribution in [2.24, 2.45) is 0 Å². The van der Waals surface area contributed by atoms with Gasteiger partial charge in [-0.15, -0.1) is 0 Å². The first-order chi connectivity index (χ1) is 15.2. The van der Waals surface area contributed by atoms with Gasteiger partial charge in [0, 0.05) is 20.0 Å². The monoisotopic (exact) mass is 444 g/mol. The van der Waals surface area contributed by atoms with Crippen molar-refractivity contribution in [1.82, 2.24) is 0 Å². The second-order valence-corrected chi connectivity index (χ2v) is 9.25. The molecule has 0 fully saturated rings. The maximum absolute atomic E-state index is 9.96. The van der Waals surface area contributed by atoms with Crippen LogP contribution < -0.4 is 0 Å². The molecule has 0 heterocycles. The number of rotatable bonds is 26.